The van der Waals surface area contributed by atoms with E-state index in [2.05, 4.69) is 20.1 Å². The maximum Gasteiger partial charge on any atom is 0.249 e. The van der Waals surface area contributed by atoms with Crippen molar-refractivity contribution >= 4 is 39.2 Å². The molecular formula is C17H21N7OS. The van der Waals surface area contributed by atoms with E-state index >= 15 is 0 Å². The zero-order valence-corrected chi connectivity index (χ0v) is 15.2. The Labute approximate surface area is 155 Å². The fourth-order valence-corrected chi connectivity index (χ4v) is 4.15. The highest BCUT2D eigenvalue weighted by Crippen LogP contribution is 2.29. The van der Waals surface area contributed by atoms with Crippen LogP contribution >= 0.6 is 11.3 Å². The molecule has 1 fully saturated rings. The minimum absolute atomic E-state index is 0.0574. The van der Waals surface area contributed by atoms with Crippen molar-refractivity contribution in [3.63, 3.8) is 0 Å². The van der Waals surface area contributed by atoms with E-state index in [1.54, 1.807) is 12.4 Å². The van der Waals surface area contributed by atoms with E-state index in [4.69, 9.17) is 5.73 Å². The lowest BCUT2D eigenvalue weighted by Gasteiger charge is -2.24. The molecule has 0 saturated heterocycles. The highest BCUT2D eigenvalue weighted by molar-refractivity contribution is 7.13. The quantitative estimate of drug-likeness (QED) is 0.739. The molecule has 1 amide bonds. The first kappa shape index (κ1) is 16.9. The van der Waals surface area contributed by atoms with Gasteiger partial charge in [0.05, 0.1) is 5.39 Å². The molecule has 4 rings (SSSR count). The molecule has 1 aliphatic carbocycles. The van der Waals surface area contributed by atoms with Crippen LogP contribution in [0.2, 0.25) is 0 Å². The maximum atomic E-state index is 13.1. The lowest BCUT2D eigenvalue weighted by molar-refractivity contribution is -0.119. The van der Waals surface area contributed by atoms with E-state index in [0.717, 1.165) is 6.42 Å². The average Bonchev–Trinajstić information content (AvgIpc) is 3.31. The smallest absolute Gasteiger partial charge is 0.249 e. The molecule has 0 radical (unpaired) electrons. The molecular weight excluding hydrogens is 350 g/mol. The lowest BCUT2D eigenvalue weighted by Crippen LogP contribution is -2.37. The van der Waals surface area contributed by atoms with Gasteiger partial charge in [0.2, 0.25) is 11.0 Å². The Morgan fingerprint density at radius 1 is 1.31 bits per heavy atom. The molecule has 3 aromatic rings. The maximum absolute atomic E-state index is 13.1. The third-order valence-corrected chi connectivity index (χ3v) is 5.64. The number of fused-ring (bicyclic) bond motifs is 1. The van der Waals surface area contributed by atoms with Crippen LogP contribution in [0.4, 0.5) is 10.9 Å². The van der Waals surface area contributed by atoms with Crippen molar-refractivity contribution in [1.29, 1.82) is 0 Å². The summed E-state index contributed by atoms with van der Waals surface area (Å²) in [5.41, 5.74) is 6.68. The van der Waals surface area contributed by atoms with Crippen LogP contribution in [0.3, 0.4) is 0 Å². The zero-order valence-electron chi connectivity index (χ0n) is 14.4. The largest absolute Gasteiger partial charge is 0.382 e. The molecule has 1 aliphatic rings. The van der Waals surface area contributed by atoms with Crippen LogP contribution in [-0.4, -0.2) is 30.7 Å². The van der Waals surface area contributed by atoms with Gasteiger partial charge in [0, 0.05) is 24.2 Å². The number of anilines is 2. The van der Waals surface area contributed by atoms with E-state index in [1.807, 2.05) is 5.38 Å². The number of carbonyl (C=O) groups is 1. The highest BCUT2D eigenvalue weighted by Gasteiger charge is 2.26. The average molecular weight is 371 g/mol. The summed E-state index contributed by atoms with van der Waals surface area (Å²) in [5, 5.41) is 8.86. The summed E-state index contributed by atoms with van der Waals surface area (Å²) in [4.78, 5) is 26.9. The second kappa shape index (κ2) is 7.36. The van der Waals surface area contributed by atoms with Crippen LogP contribution < -0.4 is 10.7 Å². The lowest BCUT2D eigenvalue weighted by atomic mass is 9.86. The number of amides is 1. The second-order valence-electron chi connectivity index (χ2n) is 6.60. The van der Waals surface area contributed by atoms with Crippen molar-refractivity contribution < 1.29 is 4.79 Å². The van der Waals surface area contributed by atoms with Gasteiger partial charge in [0.25, 0.3) is 0 Å². The fourth-order valence-electron chi connectivity index (χ4n) is 3.51. The van der Waals surface area contributed by atoms with Crippen LogP contribution in [0.25, 0.3) is 11.0 Å². The van der Waals surface area contributed by atoms with Gasteiger partial charge in [-0.2, -0.15) is 5.01 Å². The Morgan fingerprint density at radius 3 is 2.88 bits per heavy atom. The van der Waals surface area contributed by atoms with Crippen LogP contribution in [0.1, 0.15) is 44.9 Å². The van der Waals surface area contributed by atoms with E-state index in [1.165, 1.54) is 59.6 Å². The Morgan fingerprint density at radius 2 is 2.15 bits per heavy atom. The normalized spacial score (nSPS) is 15.4. The molecule has 0 spiro atoms. The number of nitrogen functional groups attached to an aromatic ring is 1. The highest BCUT2D eigenvalue weighted by atomic mass is 32.1. The predicted octanol–water partition coefficient (Wildman–Crippen LogP) is 3.02. The molecule has 0 bridgehead atoms. The van der Waals surface area contributed by atoms with Gasteiger partial charge >= 0.3 is 0 Å². The van der Waals surface area contributed by atoms with Crippen LogP contribution in [-0.2, 0) is 4.79 Å². The van der Waals surface area contributed by atoms with Crippen LogP contribution in [0.5, 0.6) is 0 Å². The van der Waals surface area contributed by atoms with E-state index in [0.29, 0.717) is 34.3 Å². The monoisotopic (exact) mass is 371 g/mol. The van der Waals surface area contributed by atoms with Crippen molar-refractivity contribution in [2.24, 2.45) is 5.92 Å². The molecule has 0 aliphatic heterocycles. The fraction of sp³-hybridized carbons (Fsp3) is 0.471. The number of hydrogen-bond acceptors (Lipinski definition) is 7. The first-order valence-corrected chi connectivity index (χ1v) is 9.79. The number of thiazole rings is 1. The van der Waals surface area contributed by atoms with E-state index < -0.39 is 0 Å². The predicted molar refractivity (Wildman–Crippen MR) is 101 cm³/mol. The summed E-state index contributed by atoms with van der Waals surface area (Å²) in [6.07, 6.45) is 12.3. The van der Waals surface area contributed by atoms with Gasteiger partial charge < -0.3 is 5.73 Å². The van der Waals surface area contributed by atoms with Crippen molar-refractivity contribution in [2.45, 2.75) is 44.9 Å². The van der Waals surface area contributed by atoms with Gasteiger partial charge in [0.15, 0.2) is 11.5 Å². The first-order chi connectivity index (χ1) is 12.7. The molecule has 2 N–H and O–H groups in total. The van der Waals surface area contributed by atoms with Gasteiger partial charge in [-0.15, -0.1) is 21.2 Å². The standard InChI is InChI=1S/C17H21N7OS/c18-15-13-10-19-11-21-16(13)22-24(15)23(17-20-8-9-26-17)14(25)7-6-12-4-2-1-3-5-12/h8-12H,1-7,18H2. The van der Waals surface area contributed by atoms with Crippen molar-refractivity contribution in [1.82, 2.24) is 24.8 Å². The van der Waals surface area contributed by atoms with Crippen LogP contribution in [0.15, 0.2) is 24.1 Å². The molecule has 3 heterocycles. The third-order valence-electron chi connectivity index (χ3n) is 4.89. The summed E-state index contributed by atoms with van der Waals surface area (Å²) in [6.45, 7) is 0. The summed E-state index contributed by atoms with van der Waals surface area (Å²) < 4.78 is 0. The Balaban J connectivity index is 1.61. The molecule has 1 saturated carbocycles. The van der Waals surface area contributed by atoms with Gasteiger partial charge in [-0.25, -0.2) is 15.0 Å². The molecule has 26 heavy (non-hydrogen) atoms. The topological polar surface area (TPSA) is 103 Å². The van der Waals surface area contributed by atoms with Crippen molar-refractivity contribution in [2.75, 3.05) is 10.7 Å². The zero-order chi connectivity index (χ0) is 17.9. The van der Waals surface area contributed by atoms with E-state index in [9.17, 15) is 4.79 Å². The summed E-state index contributed by atoms with van der Waals surface area (Å²) >= 11 is 1.38. The third kappa shape index (κ3) is 3.26. The molecule has 8 nitrogen and oxygen atoms in total. The van der Waals surface area contributed by atoms with Gasteiger partial charge in [-0.3, -0.25) is 4.79 Å². The molecule has 9 heteroatoms. The van der Waals surface area contributed by atoms with Gasteiger partial charge in [0.1, 0.15) is 6.33 Å². The second-order valence-corrected chi connectivity index (χ2v) is 7.47. The Bertz CT molecular complexity index is 886. The van der Waals surface area contributed by atoms with Crippen molar-refractivity contribution in [3.05, 3.63) is 24.1 Å². The molecule has 0 aromatic carbocycles. The minimum atomic E-state index is -0.0574. The number of aromatic nitrogens is 5. The van der Waals surface area contributed by atoms with Crippen molar-refractivity contribution in [3.8, 4) is 0 Å². The Hall–Kier alpha value is -2.55. The summed E-state index contributed by atoms with van der Waals surface area (Å²) in [6, 6.07) is 0. The number of hydrogen-bond donors (Lipinski definition) is 1. The molecule has 3 aromatic heterocycles. The number of nitrogens with zero attached hydrogens (tertiary/aromatic N) is 6. The Kier molecular flexibility index (Phi) is 4.79. The first-order valence-electron chi connectivity index (χ1n) is 8.91. The SMILES string of the molecule is Nc1c2cncnc2nn1N(C(=O)CCC1CCCCC1)c1nccs1. The number of nitrogens with two attached hydrogens (primary N) is 1. The number of rotatable bonds is 5. The van der Waals surface area contributed by atoms with E-state index in [-0.39, 0.29) is 5.91 Å². The number of carbonyl (C=O) groups excluding carboxylic acids is 1. The van der Waals surface area contributed by atoms with Crippen LogP contribution in [0, 0.1) is 5.92 Å². The molecule has 0 unspecified atom stereocenters. The van der Waals surface area contributed by atoms with Gasteiger partial charge in [-0.1, -0.05) is 32.1 Å². The summed E-state index contributed by atoms with van der Waals surface area (Å²) in [5.74, 6) is 0.908. The molecule has 136 valence electrons. The molecule has 0 atom stereocenters. The van der Waals surface area contributed by atoms with Gasteiger partial charge in [-0.05, 0) is 12.3 Å². The minimum Gasteiger partial charge on any atom is -0.382 e. The summed E-state index contributed by atoms with van der Waals surface area (Å²) in [7, 11) is 0.